The van der Waals surface area contributed by atoms with Gasteiger partial charge in [0.15, 0.2) is 11.6 Å². The largest absolute Gasteiger partial charge is 0.482 e. The first-order chi connectivity index (χ1) is 18.3. The number of pyridine rings is 1. The highest BCUT2D eigenvalue weighted by molar-refractivity contribution is 6.36. The number of halogens is 3. The standard InChI is InChI=1S/C21H22Cl2FN5O/c1-12(19-16(22)2-3-17(24)20(19)23)30-18-8-13(9-27-21(18)25)14-10-28-29(11-14)15-4-6-26-7-5-15/h2-3,8-12,15,26H,4-7H2,1H3,(H2,25,27)/t12-/m0/s1/i1D3,4D2,5D2,9D,12D,15D. The Labute approximate surface area is 198 Å². The van der Waals surface area contributed by atoms with E-state index in [1.165, 1.54) is 0 Å². The molecule has 0 bridgehead atoms. The molecule has 1 aliphatic rings. The summed E-state index contributed by atoms with van der Waals surface area (Å²) in [4.78, 5) is 3.84. The van der Waals surface area contributed by atoms with Crippen LogP contribution in [0.25, 0.3) is 11.1 Å². The summed E-state index contributed by atoms with van der Waals surface area (Å²) >= 11 is 12.1. The molecule has 3 heterocycles. The molecule has 3 aromatic rings. The number of benzene rings is 1. The number of rotatable bonds is 5. The molecule has 0 unspecified atom stereocenters. The molecule has 4 rings (SSSR count). The number of nitrogens with two attached hydrogens (primary N) is 1. The predicted octanol–water partition coefficient (Wildman–Crippen LogP) is 5.04. The molecule has 0 spiro atoms. The van der Waals surface area contributed by atoms with E-state index in [0.29, 0.717) is 0 Å². The summed E-state index contributed by atoms with van der Waals surface area (Å²) in [6.07, 6.45) is -6.06. The molecule has 3 N–H and O–H groups in total. The summed E-state index contributed by atoms with van der Waals surface area (Å²) in [6.45, 7) is -3.93. The summed E-state index contributed by atoms with van der Waals surface area (Å²) in [5, 5.41) is 5.50. The average molecular weight is 460 g/mol. The van der Waals surface area contributed by atoms with Crippen molar-refractivity contribution in [3.8, 4) is 16.9 Å². The van der Waals surface area contributed by atoms with Crippen molar-refractivity contribution < 1.29 is 22.8 Å². The first-order valence-electron chi connectivity index (χ1n) is 13.6. The molecule has 1 fully saturated rings. The molecule has 6 nitrogen and oxygen atoms in total. The molecule has 2 aromatic heterocycles. The van der Waals surface area contributed by atoms with Gasteiger partial charge >= 0.3 is 0 Å². The molecular formula is C21H22Cl2FN5O. The number of nitrogens with one attached hydrogen (secondary N) is 1. The normalized spacial score (nSPS) is 26.6. The summed E-state index contributed by atoms with van der Waals surface area (Å²) in [5.41, 5.74) is 5.18. The van der Waals surface area contributed by atoms with Crippen LogP contribution < -0.4 is 15.8 Å². The van der Waals surface area contributed by atoms with Crippen LogP contribution in [0.3, 0.4) is 0 Å². The highest BCUT2D eigenvalue weighted by Crippen LogP contribution is 2.37. The van der Waals surface area contributed by atoms with E-state index in [-0.39, 0.29) is 29.2 Å². The Morgan fingerprint density at radius 2 is 2.27 bits per heavy atom. The number of ether oxygens (including phenoxy) is 1. The maximum atomic E-state index is 14.3. The lowest BCUT2D eigenvalue weighted by Gasteiger charge is -2.22. The van der Waals surface area contributed by atoms with Crippen molar-refractivity contribution in [2.24, 2.45) is 0 Å². The molecule has 1 saturated heterocycles. The zero-order valence-electron chi connectivity index (χ0n) is 25.3. The van der Waals surface area contributed by atoms with Gasteiger partial charge in [-0.15, -0.1) is 0 Å². The third kappa shape index (κ3) is 4.24. The van der Waals surface area contributed by atoms with Gasteiger partial charge in [-0.1, -0.05) is 23.2 Å². The molecule has 0 radical (unpaired) electrons. The van der Waals surface area contributed by atoms with Crippen molar-refractivity contribution in [3.63, 3.8) is 0 Å². The fourth-order valence-electron chi connectivity index (χ4n) is 2.70. The van der Waals surface area contributed by atoms with Crippen LogP contribution in [0.5, 0.6) is 5.75 Å². The van der Waals surface area contributed by atoms with Gasteiger partial charge in [-0.2, -0.15) is 5.10 Å². The van der Waals surface area contributed by atoms with Gasteiger partial charge in [0, 0.05) is 43.7 Å². The molecule has 0 aliphatic carbocycles. The molecule has 0 amide bonds. The van der Waals surface area contributed by atoms with Gasteiger partial charge in [0.25, 0.3) is 0 Å². The predicted molar refractivity (Wildman–Crippen MR) is 116 cm³/mol. The zero-order valence-corrected chi connectivity index (χ0v) is 16.8. The lowest BCUT2D eigenvalue weighted by molar-refractivity contribution is 0.227. The highest BCUT2D eigenvalue weighted by atomic mass is 35.5. The van der Waals surface area contributed by atoms with Crippen LogP contribution >= 0.6 is 23.2 Å². The Balaban J connectivity index is 1.83. The van der Waals surface area contributed by atoms with E-state index in [0.717, 1.165) is 35.3 Å². The minimum absolute atomic E-state index is 0.0605. The average Bonchev–Trinajstić information content (AvgIpc) is 3.31. The van der Waals surface area contributed by atoms with Gasteiger partial charge in [0.1, 0.15) is 11.9 Å². The highest BCUT2D eigenvalue weighted by Gasteiger charge is 2.21. The Morgan fingerprint density at radius 1 is 1.47 bits per heavy atom. The first-order valence-corrected chi connectivity index (χ1v) is 9.39. The van der Waals surface area contributed by atoms with Gasteiger partial charge in [-0.25, -0.2) is 9.37 Å². The second-order valence-electron chi connectivity index (χ2n) is 6.16. The van der Waals surface area contributed by atoms with Crippen LogP contribution in [0.2, 0.25) is 10.0 Å². The third-order valence-electron chi connectivity index (χ3n) is 4.19. The molecule has 0 saturated carbocycles. The van der Waals surface area contributed by atoms with Crippen molar-refractivity contribution in [3.05, 3.63) is 58.2 Å². The van der Waals surface area contributed by atoms with E-state index in [9.17, 15) is 4.39 Å². The quantitative estimate of drug-likeness (QED) is 0.522. The second-order valence-corrected chi connectivity index (χ2v) is 6.94. The second kappa shape index (κ2) is 8.79. The van der Waals surface area contributed by atoms with Gasteiger partial charge in [0.05, 0.1) is 21.3 Å². The molecular weight excluding hydrogens is 428 g/mol. The van der Waals surface area contributed by atoms with Crippen molar-refractivity contribution in [1.82, 2.24) is 20.1 Å². The lowest BCUT2D eigenvalue weighted by Crippen LogP contribution is -2.29. The van der Waals surface area contributed by atoms with Crippen LogP contribution in [-0.2, 0) is 0 Å². The number of nitrogen functional groups attached to an aromatic ring is 1. The molecule has 1 aromatic carbocycles. The summed E-state index contributed by atoms with van der Waals surface area (Å²) < 4.78 is 103. The third-order valence-corrected chi connectivity index (χ3v) is 4.88. The summed E-state index contributed by atoms with van der Waals surface area (Å²) in [6, 6.07) is 0.472. The van der Waals surface area contributed by atoms with Gasteiger partial charge < -0.3 is 15.8 Å². The van der Waals surface area contributed by atoms with Crippen molar-refractivity contribution in [2.75, 3.05) is 18.8 Å². The number of piperidine rings is 1. The number of hydrogen-bond donors (Lipinski definition) is 2. The van der Waals surface area contributed by atoms with Crippen LogP contribution in [-0.4, -0.2) is 27.9 Å². The van der Waals surface area contributed by atoms with Crippen LogP contribution in [0.15, 0.2) is 36.8 Å². The Hall–Kier alpha value is -2.35. The topological polar surface area (TPSA) is 78.0 Å². The van der Waals surface area contributed by atoms with Crippen LogP contribution in [0.1, 0.15) is 51.0 Å². The van der Waals surface area contributed by atoms with Gasteiger partial charge in [-0.3, -0.25) is 4.68 Å². The van der Waals surface area contributed by atoms with E-state index < -0.39 is 65.8 Å². The monoisotopic (exact) mass is 459 g/mol. The first kappa shape index (κ1) is 11.9. The SMILES string of the molecule is [2H]c1nc(N)c(O[C@]([2H])(c2c(Cl)ccc(F)c2Cl)C([2H])([2H])[2H])cc1-c1cnn(C2([2H])C([2H])([2H])CNCC2([2H])[2H])c1. The lowest BCUT2D eigenvalue weighted by atomic mass is 10.1. The van der Waals surface area contributed by atoms with Crippen molar-refractivity contribution in [1.29, 1.82) is 0 Å². The Kier molecular flexibility index (Phi) is 3.48. The van der Waals surface area contributed by atoms with E-state index in [1.807, 2.05) is 0 Å². The van der Waals surface area contributed by atoms with E-state index in [4.69, 9.17) is 47.4 Å². The van der Waals surface area contributed by atoms with Crippen molar-refractivity contribution >= 4 is 29.0 Å². The number of nitrogens with zero attached hydrogens (tertiary/aromatic N) is 3. The molecule has 158 valence electrons. The Morgan fingerprint density at radius 3 is 3.03 bits per heavy atom. The molecule has 1 aliphatic heterocycles. The van der Waals surface area contributed by atoms with Gasteiger partial charge in [-0.05, 0) is 50.9 Å². The van der Waals surface area contributed by atoms with Crippen LogP contribution in [0, 0.1) is 5.82 Å². The van der Waals surface area contributed by atoms with E-state index >= 15 is 0 Å². The summed E-state index contributed by atoms with van der Waals surface area (Å²) in [7, 11) is 0. The van der Waals surface area contributed by atoms with Crippen molar-refractivity contribution in [2.45, 2.75) is 31.7 Å². The molecule has 30 heavy (non-hydrogen) atoms. The summed E-state index contributed by atoms with van der Waals surface area (Å²) in [5.74, 6) is -2.05. The minimum Gasteiger partial charge on any atom is -0.482 e. The van der Waals surface area contributed by atoms with E-state index in [1.54, 1.807) is 0 Å². The number of anilines is 1. The fraction of sp³-hybridized carbons (Fsp3) is 0.333. The Bertz CT molecular complexity index is 1450. The maximum absolute atomic E-state index is 14.3. The minimum atomic E-state index is -3.30. The number of aromatic nitrogens is 3. The number of hydrogen-bond acceptors (Lipinski definition) is 5. The van der Waals surface area contributed by atoms with E-state index in [2.05, 4.69) is 15.4 Å². The zero-order chi connectivity index (χ0) is 30.1. The molecule has 1 atom stereocenters. The maximum Gasteiger partial charge on any atom is 0.166 e. The van der Waals surface area contributed by atoms with Crippen LogP contribution in [0.4, 0.5) is 10.2 Å². The van der Waals surface area contributed by atoms with Gasteiger partial charge in [0.2, 0.25) is 0 Å². The smallest absolute Gasteiger partial charge is 0.166 e. The molecule has 9 heteroatoms. The fourth-order valence-corrected chi connectivity index (χ4v) is 3.24.